The molecule has 2 aliphatic rings. The molecule has 0 bridgehead atoms. The number of rotatable bonds is 3. The van der Waals surface area contributed by atoms with Crippen LogP contribution in [0.1, 0.15) is 20.3 Å². The minimum atomic E-state index is -0.283. The summed E-state index contributed by atoms with van der Waals surface area (Å²) in [5, 5.41) is 1.75. The van der Waals surface area contributed by atoms with Crippen molar-refractivity contribution in [3.05, 3.63) is 11.8 Å². The smallest absolute Gasteiger partial charge is 0.311 e. The lowest BCUT2D eigenvalue weighted by Gasteiger charge is -2.27. The maximum absolute atomic E-state index is 11.4. The van der Waals surface area contributed by atoms with E-state index in [4.69, 9.17) is 4.74 Å². The normalized spacial score (nSPS) is 22.1. The molecule has 0 aromatic carbocycles. The van der Waals surface area contributed by atoms with E-state index in [-0.39, 0.29) is 18.7 Å². The molecule has 2 aliphatic heterocycles. The summed E-state index contributed by atoms with van der Waals surface area (Å²) in [5.41, 5.74) is 4.62. The quantitative estimate of drug-likeness (QED) is 0.703. The van der Waals surface area contributed by atoms with Crippen LogP contribution in [-0.4, -0.2) is 35.9 Å². The van der Waals surface area contributed by atoms with E-state index in [1.54, 1.807) is 18.3 Å². The van der Waals surface area contributed by atoms with Crippen molar-refractivity contribution in [2.75, 3.05) is 6.61 Å². The number of allylic oxidation sites excluding steroid dienone is 1. The Morgan fingerprint density at radius 3 is 3.25 bits per heavy atom. The molecule has 0 spiro atoms. The predicted molar refractivity (Wildman–Crippen MR) is 59.7 cm³/mol. The van der Waals surface area contributed by atoms with Gasteiger partial charge in [0.1, 0.15) is 6.34 Å². The van der Waals surface area contributed by atoms with E-state index >= 15 is 0 Å². The average Bonchev–Trinajstić information content (AvgIpc) is 2.65. The molecule has 2 heterocycles. The van der Waals surface area contributed by atoms with Crippen molar-refractivity contribution >= 4 is 18.0 Å². The molecule has 1 N–H and O–H groups in total. The molecule has 0 aromatic rings. The highest BCUT2D eigenvalue weighted by molar-refractivity contribution is 5.95. The largest absolute Gasteiger partial charge is 0.466 e. The fraction of sp³-hybridized carbons (Fsp3) is 0.500. The zero-order chi connectivity index (χ0) is 11.5. The van der Waals surface area contributed by atoms with Crippen molar-refractivity contribution in [3.8, 4) is 0 Å². The van der Waals surface area contributed by atoms with Crippen molar-refractivity contribution in [3.63, 3.8) is 0 Å². The summed E-state index contributed by atoms with van der Waals surface area (Å²) in [4.78, 5) is 19.8. The van der Waals surface area contributed by atoms with E-state index in [1.807, 2.05) is 13.0 Å². The maximum Gasteiger partial charge on any atom is 0.311 e. The Morgan fingerprint density at radius 2 is 2.50 bits per heavy atom. The minimum absolute atomic E-state index is 0.230. The second-order valence-electron chi connectivity index (χ2n) is 3.51. The van der Waals surface area contributed by atoms with Crippen LogP contribution in [0.5, 0.6) is 0 Å². The maximum atomic E-state index is 11.4. The first-order chi connectivity index (χ1) is 7.70. The summed E-state index contributed by atoms with van der Waals surface area (Å²) in [6, 6.07) is 0. The van der Waals surface area contributed by atoms with Gasteiger partial charge in [0.05, 0.1) is 18.7 Å². The fourth-order valence-electron chi connectivity index (χ4n) is 1.64. The molecule has 0 saturated carbocycles. The average molecular weight is 222 g/mol. The van der Waals surface area contributed by atoms with E-state index < -0.39 is 0 Å². The number of fused-ring (bicyclic) bond motifs is 1. The Hall–Kier alpha value is -1.85. The molecule has 2 rings (SSSR count). The van der Waals surface area contributed by atoms with Gasteiger partial charge < -0.3 is 4.74 Å². The van der Waals surface area contributed by atoms with Crippen LogP contribution in [0.2, 0.25) is 0 Å². The van der Waals surface area contributed by atoms with Crippen LogP contribution in [0, 0.1) is 0 Å². The molecule has 0 fully saturated rings. The summed E-state index contributed by atoms with van der Waals surface area (Å²) in [6.07, 6.45) is 3.38. The molecule has 1 atom stereocenters. The van der Waals surface area contributed by atoms with E-state index in [0.717, 1.165) is 11.4 Å². The highest BCUT2D eigenvalue weighted by Gasteiger charge is 2.27. The van der Waals surface area contributed by atoms with Crippen molar-refractivity contribution in [1.29, 1.82) is 0 Å². The van der Waals surface area contributed by atoms with E-state index in [9.17, 15) is 4.79 Å². The van der Waals surface area contributed by atoms with Crippen LogP contribution in [0.3, 0.4) is 0 Å². The molecule has 0 saturated heterocycles. The number of aliphatic imine (C=N–C) groups is 2. The zero-order valence-corrected chi connectivity index (χ0v) is 9.30. The second-order valence-corrected chi connectivity index (χ2v) is 3.51. The second kappa shape index (κ2) is 4.34. The third-order valence-electron chi connectivity index (χ3n) is 2.27. The van der Waals surface area contributed by atoms with Gasteiger partial charge in [0.25, 0.3) is 0 Å². The van der Waals surface area contributed by atoms with Gasteiger partial charge in [0, 0.05) is 5.71 Å². The Morgan fingerprint density at radius 1 is 1.69 bits per heavy atom. The van der Waals surface area contributed by atoms with Gasteiger partial charge in [0.2, 0.25) is 6.29 Å². The van der Waals surface area contributed by atoms with E-state index in [1.165, 1.54) is 0 Å². The number of hydrogen-bond acceptors (Lipinski definition) is 6. The van der Waals surface area contributed by atoms with Gasteiger partial charge in [-0.05, 0) is 19.9 Å². The highest BCUT2D eigenvalue weighted by Crippen LogP contribution is 2.20. The lowest BCUT2D eigenvalue weighted by molar-refractivity contribution is -0.142. The number of hydrogen-bond donors (Lipinski definition) is 1. The van der Waals surface area contributed by atoms with Gasteiger partial charge in [-0.15, -0.1) is 0 Å². The fourth-order valence-corrected chi connectivity index (χ4v) is 1.64. The first-order valence-corrected chi connectivity index (χ1v) is 5.18. The SMILES string of the molecule is CCOC(=O)CC1=CC(C)=NC2N=CNN12. The summed E-state index contributed by atoms with van der Waals surface area (Å²) < 4.78 is 4.91. The van der Waals surface area contributed by atoms with Gasteiger partial charge in [-0.3, -0.25) is 10.2 Å². The van der Waals surface area contributed by atoms with Crippen LogP contribution in [-0.2, 0) is 9.53 Å². The standard InChI is InChI=1S/C10H14N4O2/c1-3-16-9(15)5-8-4-7(2)13-10-11-6-12-14(8)10/h4,6,10H,3,5H2,1-2H3,(H,11,12). The molecular formula is C10H14N4O2. The van der Waals surface area contributed by atoms with Crippen LogP contribution >= 0.6 is 0 Å². The molecule has 0 aromatic heterocycles. The van der Waals surface area contributed by atoms with Crippen molar-refractivity contribution in [2.24, 2.45) is 9.98 Å². The van der Waals surface area contributed by atoms with Gasteiger partial charge in [-0.25, -0.2) is 15.0 Å². The molecule has 1 unspecified atom stereocenters. The van der Waals surface area contributed by atoms with Gasteiger partial charge in [-0.1, -0.05) is 0 Å². The van der Waals surface area contributed by atoms with Crippen LogP contribution < -0.4 is 5.43 Å². The molecule has 0 amide bonds. The number of nitrogens with zero attached hydrogens (tertiary/aromatic N) is 3. The summed E-state index contributed by atoms with van der Waals surface area (Å²) in [7, 11) is 0. The Balaban J connectivity index is 2.08. The molecule has 16 heavy (non-hydrogen) atoms. The predicted octanol–water partition coefficient (Wildman–Crippen LogP) is 0.430. The summed E-state index contributed by atoms with van der Waals surface area (Å²) >= 11 is 0. The first kappa shape index (κ1) is 10.7. The van der Waals surface area contributed by atoms with E-state index in [2.05, 4.69) is 15.4 Å². The van der Waals surface area contributed by atoms with E-state index in [0.29, 0.717) is 6.61 Å². The minimum Gasteiger partial charge on any atom is -0.466 e. The molecule has 0 aliphatic carbocycles. The van der Waals surface area contributed by atoms with Gasteiger partial charge >= 0.3 is 5.97 Å². The Bertz CT molecular complexity index is 386. The van der Waals surface area contributed by atoms with Gasteiger partial charge in [-0.2, -0.15) is 0 Å². The third kappa shape index (κ3) is 2.05. The molecule has 0 radical (unpaired) electrons. The van der Waals surface area contributed by atoms with Crippen molar-refractivity contribution < 1.29 is 9.53 Å². The monoisotopic (exact) mass is 222 g/mol. The van der Waals surface area contributed by atoms with Gasteiger partial charge in [0.15, 0.2) is 0 Å². The first-order valence-electron chi connectivity index (χ1n) is 5.18. The van der Waals surface area contributed by atoms with Crippen molar-refractivity contribution in [2.45, 2.75) is 26.6 Å². The lowest BCUT2D eigenvalue weighted by Crippen LogP contribution is -2.40. The third-order valence-corrected chi connectivity index (χ3v) is 2.27. The molecule has 6 nitrogen and oxygen atoms in total. The number of ether oxygens (including phenoxy) is 1. The molecule has 86 valence electrons. The van der Waals surface area contributed by atoms with Crippen LogP contribution in [0.4, 0.5) is 0 Å². The number of nitrogens with one attached hydrogen (secondary N) is 1. The molecular weight excluding hydrogens is 208 g/mol. The Labute approximate surface area is 93.7 Å². The van der Waals surface area contributed by atoms with Crippen molar-refractivity contribution in [1.82, 2.24) is 10.4 Å². The highest BCUT2D eigenvalue weighted by atomic mass is 16.5. The topological polar surface area (TPSA) is 66.3 Å². The Kier molecular flexibility index (Phi) is 2.89. The summed E-state index contributed by atoms with van der Waals surface area (Å²) in [5.74, 6) is -0.240. The van der Waals surface area contributed by atoms with Crippen LogP contribution in [0.15, 0.2) is 21.8 Å². The summed E-state index contributed by atoms with van der Waals surface area (Å²) in [6.45, 7) is 4.07. The number of esters is 1. The number of carbonyl (C=O) groups excluding carboxylic acids is 1. The lowest BCUT2D eigenvalue weighted by atomic mass is 10.2. The van der Waals surface area contributed by atoms with Crippen LogP contribution in [0.25, 0.3) is 0 Å². The number of carbonyl (C=O) groups is 1. The zero-order valence-electron chi connectivity index (χ0n) is 9.30. The number of hydrazine groups is 1. The molecule has 6 heteroatoms.